The lowest BCUT2D eigenvalue weighted by atomic mass is 9.49. The Bertz CT molecular complexity index is 779. The van der Waals surface area contributed by atoms with Crippen LogP contribution in [0, 0.1) is 30.1 Å². The summed E-state index contributed by atoms with van der Waals surface area (Å²) in [7, 11) is 0. The van der Waals surface area contributed by atoms with E-state index in [9.17, 15) is 9.59 Å². The summed E-state index contributed by atoms with van der Waals surface area (Å²) in [5, 5.41) is 2.95. The van der Waals surface area contributed by atoms with E-state index in [1.165, 1.54) is 24.8 Å². The van der Waals surface area contributed by atoms with Crippen LogP contribution in [-0.2, 0) is 4.79 Å². The number of aryl methyl sites for hydroxylation is 1. The molecule has 1 aromatic carbocycles. The fourth-order valence-electron chi connectivity index (χ4n) is 6.89. The van der Waals surface area contributed by atoms with Gasteiger partial charge in [-0.3, -0.25) is 4.79 Å². The molecule has 1 aliphatic heterocycles. The van der Waals surface area contributed by atoms with Crippen molar-refractivity contribution in [3.63, 3.8) is 0 Å². The van der Waals surface area contributed by atoms with Crippen molar-refractivity contribution in [1.82, 2.24) is 15.1 Å². The summed E-state index contributed by atoms with van der Waals surface area (Å²) in [6, 6.07) is 7.85. The highest BCUT2D eigenvalue weighted by atomic mass is 16.5. The van der Waals surface area contributed by atoms with Gasteiger partial charge in [0.1, 0.15) is 12.4 Å². The van der Waals surface area contributed by atoms with Crippen LogP contribution >= 0.6 is 0 Å². The van der Waals surface area contributed by atoms with Crippen LogP contribution in [0.5, 0.6) is 5.75 Å². The Balaban J connectivity index is 1.06. The molecule has 0 spiro atoms. The highest BCUT2D eigenvalue weighted by Gasteiger charge is 2.55. The zero-order chi connectivity index (χ0) is 21.4. The third-order valence-electron chi connectivity index (χ3n) is 8.01. The van der Waals surface area contributed by atoms with Crippen molar-refractivity contribution in [3.8, 4) is 5.75 Å². The average Bonchev–Trinajstić information content (AvgIpc) is 2.76. The smallest absolute Gasteiger partial charge is 0.317 e. The summed E-state index contributed by atoms with van der Waals surface area (Å²) in [6.45, 7) is 5.51. The molecule has 1 aromatic rings. The predicted molar refractivity (Wildman–Crippen MR) is 119 cm³/mol. The number of nitrogens with one attached hydrogen (secondary N) is 1. The highest BCUT2D eigenvalue weighted by molar-refractivity contribution is 5.84. The molecule has 31 heavy (non-hydrogen) atoms. The molecule has 6 nitrogen and oxygen atoms in total. The molecule has 3 amide bonds. The molecule has 1 N–H and O–H groups in total. The van der Waals surface area contributed by atoms with E-state index >= 15 is 0 Å². The lowest BCUT2D eigenvalue weighted by molar-refractivity contribution is -0.159. The van der Waals surface area contributed by atoms with E-state index in [1.807, 2.05) is 36.1 Å². The first-order chi connectivity index (χ1) is 15.0. The molecule has 5 aliphatic rings. The average molecular weight is 426 g/mol. The van der Waals surface area contributed by atoms with Crippen molar-refractivity contribution < 1.29 is 14.3 Å². The minimum absolute atomic E-state index is 0.0607. The van der Waals surface area contributed by atoms with Gasteiger partial charge >= 0.3 is 6.03 Å². The minimum atomic E-state index is -0.0769. The number of benzene rings is 1. The number of hydrogen-bond acceptors (Lipinski definition) is 3. The van der Waals surface area contributed by atoms with Crippen LogP contribution in [-0.4, -0.2) is 61.1 Å². The third kappa shape index (κ3) is 4.26. The second-order valence-electron chi connectivity index (χ2n) is 10.4. The van der Waals surface area contributed by atoms with Crippen LogP contribution in [0.25, 0.3) is 0 Å². The lowest BCUT2D eigenvalue weighted by Crippen LogP contribution is -2.59. The van der Waals surface area contributed by atoms with Crippen LogP contribution in [0.15, 0.2) is 24.3 Å². The Morgan fingerprint density at radius 3 is 2.06 bits per heavy atom. The Kier molecular flexibility index (Phi) is 5.57. The SMILES string of the molecule is Cc1ccc(OCCNC(=O)N2CCN(C(=O)C34CC5CC(CC(C5)C3)C4)CC2)cc1. The van der Waals surface area contributed by atoms with Gasteiger partial charge in [-0.25, -0.2) is 4.79 Å². The highest BCUT2D eigenvalue weighted by Crippen LogP contribution is 2.60. The van der Waals surface area contributed by atoms with Crippen LogP contribution < -0.4 is 10.1 Å². The molecule has 4 aliphatic carbocycles. The van der Waals surface area contributed by atoms with E-state index in [2.05, 4.69) is 10.2 Å². The molecule has 6 heteroatoms. The monoisotopic (exact) mass is 425 g/mol. The quantitative estimate of drug-likeness (QED) is 0.735. The Labute approximate surface area is 185 Å². The normalized spacial score (nSPS) is 31.6. The molecule has 4 saturated carbocycles. The molecule has 1 saturated heterocycles. The number of carbonyl (C=O) groups excluding carboxylic acids is 2. The molecule has 5 fully saturated rings. The van der Waals surface area contributed by atoms with Gasteiger partial charge in [0.15, 0.2) is 0 Å². The second-order valence-corrected chi connectivity index (χ2v) is 10.4. The van der Waals surface area contributed by atoms with Gasteiger partial charge in [0.05, 0.1) is 12.0 Å². The van der Waals surface area contributed by atoms with Gasteiger partial charge in [-0.2, -0.15) is 0 Å². The van der Waals surface area contributed by atoms with Crippen molar-refractivity contribution in [2.45, 2.75) is 45.4 Å². The molecule has 6 rings (SSSR count). The molecule has 0 atom stereocenters. The molecule has 0 radical (unpaired) electrons. The summed E-state index contributed by atoms with van der Waals surface area (Å²) in [5.74, 6) is 3.55. The number of rotatable bonds is 5. The first-order valence-corrected chi connectivity index (χ1v) is 12.0. The van der Waals surface area contributed by atoms with Crippen molar-refractivity contribution >= 4 is 11.9 Å². The minimum Gasteiger partial charge on any atom is -0.492 e. The summed E-state index contributed by atoms with van der Waals surface area (Å²) in [6.07, 6.45) is 7.40. The summed E-state index contributed by atoms with van der Waals surface area (Å²) in [5.41, 5.74) is 1.12. The van der Waals surface area contributed by atoms with Gasteiger partial charge in [0.25, 0.3) is 0 Å². The van der Waals surface area contributed by atoms with Crippen LogP contribution in [0.4, 0.5) is 4.79 Å². The number of carbonyl (C=O) groups is 2. The maximum absolute atomic E-state index is 13.5. The van der Waals surface area contributed by atoms with E-state index < -0.39 is 0 Å². The summed E-state index contributed by atoms with van der Waals surface area (Å²) >= 11 is 0. The fourth-order valence-corrected chi connectivity index (χ4v) is 6.89. The van der Waals surface area contributed by atoms with Gasteiger partial charge in [-0.1, -0.05) is 17.7 Å². The summed E-state index contributed by atoms with van der Waals surface area (Å²) < 4.78 is 5.68. The van der Waals surface area contributed by atoms with E-state index in [4.69, 9.17) is 4.74 Å². The zero-order valence-electron chi connectivity index (χ0n) is 18.6. The second kappa shape index (κ2) is 8.36. The molecular weight excluding hydrogens is 390 g/mol. The van der Waals surface area contributed by atoms with Gasteiger partial charge in [0.2, 0.25) is 5.91 Å². The van der Waals surface area contributed by atoms with Crippen molar-refractivity contribution in [2.75, 3.05) is 39.3 Å². The summed E-state index contributed by atoms with van der Waals surface area (Å²) in [4.78, 5) is 29.9. The first-order valence-electron chi connectivity index (χ1n) is 12.0. The van der Waals surface area contributed by atoms with Crippen molar-refractivity contribution in [2.24, 2.45) is 23.2 Å². The lowest BCUT2D eigenvalue weighted by Gasteiger charge is -2.57. The van der Waals surface area contributed by atoms with Gasteiger partial charge < -0.3 is 19.9 Å². The number of nitrogens with zero attached hydrogens (tertiary/aromatic N) is 2. The standard InChI is InChI=1S/C25H35N3O3/c1-18-2-4-22(5-3-18)31-11-6-26-24(30)28-9-7-27(8-10-28)23(29)25-15-19-12-20(16-25)14-21(13-19)17-25/h2-5,19-21H,6-17H2,1H3,(H,26,30). The maximum atomic E-state index is 13.5. The molecule has 0 aromatic heterocycles. The molecular formula is C25H35N3O3. The van der Waals surface area contributed by atoms with E-state index in [0.29, 0.717) is 45.2 Å². The van der Waals surface area contributed by atoms with Crippen LogP contribution in [0.2, 0.25) is 0 Å². The number of hydrogen-bond donors (Lipinski definition) is 1. The fraction of sp³-hybridized carbons (Fsp3) is 0.680. The van der Waals surface area contributed by atoms with Crippen LogP contribution in [0.1, 0.15) is 44.1 Å². The zero-order valence-corrected chi connectivity index (χ0v) is 18.6. The maximum Gasteiger partial charge on any atom is 0.317 e. The first kappa shape index (κ1) is 20.7. The van der Waals surface area contributed by atoms with Crippen molar-refractivity contribution in [1.29, 1.82) is 0 Å². The molecule has 0 unspecified atom stereocenters. The van der Waals surface area contributed by atoms with Crippen molar-refractivity contribution in [3.05, 3.63) is 29.8 Å². The number of ether oxygens (including phenoxy) is 1. The van der Waals surface area contributed by atoms with E-state index in [0.717, 1.165) is 42.8 Å². The number of urea groups is 1. The molecule has 168 valence electrons. The van der Waals surface area contributed by atoms with E-state index in [-0.39, 0.29) is 11.4 Å². The topological polar surface area (TPSA) is 61.9 Å². The molecule has 4 bridgehead atoms. The number of amides is 3. The Hall–Kier alpha value is -2.24. The van der Waals surface area contributed by atoms with Gasteiger partial charge in [-0.15, -0.1) is 0 Å². The molecule has 1 heterocycles. The third-order valence-corrected chi connectivity index (χ3v) is 8.01. The predicted octanol–water partition coefficient (Wildman–Crippen LogP) is 3.44. The van der Waals surface area contributed by atoms with Gasteiger partial charge in [0, 0.05) is 26.2 Å². The van der Waals surface area contributed by atoms with Gasteiger partial charge in [-0.05, 0) is 75.3 Å². The Morgan fingerprint density at radius 2 is 1.48 bits per heavy atom. The Morgan fingerprint density at radius 1 is 0.935 bits per heavy atom. The number of piperazine rings is 1. The largest absolute Gasteiger partial charge is 0.492 e. The van der Waals surface area contributed by atoms with Crippen LogP contribution in [0.3, 0.4) is 0 Å². The van der Waals surface area contributed by atoms with E-state index in [1.54, 1.807) is 0 Å².